The van der Waals surface area contributed by atoms with Gasteiger partial charge in [0.1, 0.15) is 5.70 Å². The number of amides is 2. The van der Waals surface area contributed by atoms with Crippen molar-refractivity contribution in [3.05, 3.63) is 65.9 Å². The van der Waals surface area contributed by atoms with Crippen LogP contribution in [0.5, 0.6) is 0 Å². The van der Waals surface area contributed by atoms with Crippen molar-refractivity contribution in [1.82, 2.24) is 4.90 Å². The second-order valence-electron chi connectivity index (χ2n) is 9.27. The van der Waals surface area contributed by atoms with Crippen molar-refractivity contribution in [2.24, 2.45) is 5.92 Å². The van der Waals surface area contributed by atoms with E-state index < -0.39 is 0 Å². The Hall–Kier alpha value is -3.08. The van der Waals surface area contributed by atoms with Crippen LogP contribution in [0.3, 0.4) is 0 Å². The van der Waals surface area contributed by atoms with Crippen LogP contribution in [0, 0.1) is 5.92 Å². The number of benzene rings is 2. The number of hydrogen-bond acceptors (Lipinski definition) is 4. The third kappa shape index (κ3) is 3.81. The zero-order valence-corrected chi connectivity index (χ0v) is 18.8. The second kappa shape index (κ2) is 8.81. The molecule has 2 aromatic rings. The van der Waals surface area contributed by atoms with Gasteiger partial charge < -0.3 is 9.80 Å². The molecule has 5 nitrogen and oxygen atoms in total. The van der Waals surface area contributed by atoms with E-state index >= 15 is 0 Å². The molecule has 0 spiro atoms. The summed E-state index contributed by atoms with van der Waals surface area (Å²) in [4.78, 5) is 33.2. The highest BCUT2D eigenvalue weighted by Gasteiger charge is 2.42. The standard InChI is InChI=1S/C27H31N3O2/c1-20-14-18-29(19-15-20)25-24(21-8-4-2-5-9-21)26(31)30(27(25)32)23-12-10-22(11-13-23)28-16-6-3-7-17-28/h2,4-5,8-13,20H,3,6-7,14-19H2,1H3. The lowest BCUT2D eigenvalue weighted by molar-refractivity contribution is -0.120. The maximum Gasteiger partial charge on any atom is 0.282 e. The lowest BCUT2D eigenvalue weighted by Gasteiger charge is -2.32. The van der Waals surface area contributed by atoms with Gasteiger partial charge in [-0.25, -0.2) is 4.90 Å². The summed E-state index contributed by atoms with van der Waals surface area (Å²) in [7, 11) is 0. The molecule has 2 fully saturated rings. The summed E-state index contributed by atoms with van der Waals surface area (Å²) in [5.74, 6) is 0.229. The van der Waals surface area contributed by atoms with Crippen LogP contribution in [0.25, 0.3) is 5.57 Å². The third-order valence-electron chi connectivity index (χ3n) is 7.05. The second-order valence-corrected chi connectivity index (χ2v) is 9.27. The number of piperidine rings is 2. The van der Waals surface area contributed by atoms with Gasteiger partial charge in [0.05, 0.1) is 11.3 Å². The Bertz CT molecular complexity index is 1010. The summed E-state index contributed by atoms with van der Waals surface area (Å²) in [5.41, 5.74) is 3.72. The first-order chi connectivity index (χ1) is 15.6. The fourth-order valence-electron chi connectivity index (χ4n) is 5.11. The molecular weight excluding hydrogens is 398 g/mol. The topological polar surface area (TPSA) is 43.9 Å². The van der Waals surface area contributed by atoms with E-state index in [4.69, 9.17) is 0 Å². The maximum atomic E-state index is 13.7. The van der Waals surface area contributed by atoms with E-state index in [0.717, 1.165) is 50.3 Å². The van der Waals surface area contributed by atoms with E-state index in [9.17, 15) is 9.59 Å². The Morgan fingerprint density at radius 2 is 1.31 bits per heavy atom. The quantitative estimate of drug-likeness (QED) is 0.661. The van der Waals surface area contributed by atoms with Gasteiger partial charge in [0.25, 0.3) is 11.8 Å². The minimum atomic E-state index is -0.222. The number of hydrogen-bond donors (Lipinski definition) is 0. The number of likely N-dealkylation sites (tertiary alicyclic amines) is 1. The fourth-order valence-corrected chi connectivity index (χ4v) is 5.11. The highest BCUT2D eigenvalue weighted by Crippen LogP contribution is 2.37. The summed E-state index contributed by atoms with van der Waals surface area (Å²) in [5, 5.41) is 0. The van der Waals surface area contributed by atoms with Crippen molar-refractivity contribution in [2.75, 3.05) is 36.0 Å². The van der Waals surface area contributed by atoms with E-state index in [0.29, 0.717) is 22.9 Å². The summed E-state index contributed by atoms with van der Waals surface area (Å²) in [6.45, 7) is 6.01. The molecule has 3 aliphatic heterocycles. The molecule has 3 heterocycles. The van der Waals surface area contributed by atoms with Crippen LogP contribution in [0.1, 0.15) is 44.6 Å². The first kappa shape index (κ1) is 20.8. The summed E-state index contributed by atoms with van der Waals surface area (Å²) >= 11 is 0. The van der Waals surface area contributed by atoms with Gasteiger partial charge in [-0.1, -0.05) is 37.3 Å². The van der Waals surface area contributed by atoms with Crippen LogP contribution in [0.4, 0.5) is 11.4 Å². The molecule has 2 saturated heterocycles. The molecule has 0 bridgehead atoms. The zero-order valence-electron chi connectivity index (χ0n) is 18.8. The van der Waals surface area contributed by atoms with Crippen molar-refractivity contribution in [3.8, 4) is 0 Å². The predicted molar refractivity (Wildman–Crippen MR) is 128 cm³/mol. The van der Waals surface area contributed by atoms with Crippen molar-refractivity contribution >= 4 is 28.8 Å². The molecule has 2 amide bonds. The minimum absolute atomic E-state index is 0.200. The van der Waals surface area contributed by atoms with Gasteiger partial charge in [-0.05, 0) is 67.9 Å². The van der Waals surface area contributed by atoms with Gasteiger partial charge in [0.2, 0.25) is 0 Å². The number of imide groups is 1. The first-order valence-corrected chi connectivity index (χ1v) is 11.9. The molecule has 5 heteroatoms. The van der Waals surface area contributed by atoms with E-state index in [1.54, 1.807) is 0 Å². The van der Waals surface area contributed by atoms with Gasteiger partial charge in [-0.2, -0.15) is 0 Å². The Kier molecular flexibility index (Phi) is 5.73. The van der Waals surface area contributed by atoms with Crippen molar-refractivity contribution < 1.29 is 9.59 Å². The Morgan fingerprint density at radius 1 is 0.688 bits per heavy atom. The molecule has 166 valence electrons. The predicted octanol–water partition coefficient (Wildman–Crippen LogP) is 4.69. The molecule has 5 rings (SSSR count). The van der Waals surface area contributed by atoms with E-state index in [1.807, 2.05) is 54.6 Å². The summed E-state index contributed by atoms with van der Waals surface area (Å²) < 4.78 is 0. The molecule has 0 unspecified atom stereocenters. The normalized spacial score (nSPS) is 20.5. The number of carbonyl (C=O) groups is 2. The summed E-state index contributed by atoms with van der Waals surface area (Å²) in [6, 6.07) is 17.6. The largest absolute Gasteiger partial charge is 0.372 e. The molecule has 0 N–H and O–H groups in total. The molecule has 0 saturated carbocycles. The van der Waals surface area contributed by atoms with Crippen LogP contribution >= 0.6 is 0 Å². The molecule has 0 radical (unpaired) electrons. The first-order valence-electron chi connectivity index (χ1n) is 11.9. The minimum Gasteiger partial charge on any atom is -0.372 e. The molecule has 0 aromatic heterocycles. The fraction of sp³-hybridized carbons (Fsp3) is 0.407. The Labute approximate surface area is 190 Å². The number of anilines is 2. The van der Waals surface area contributed by atoms with Crippen LogP contribution in [-0.4, -0.2) is 42.9 Å². The lowest BCUT2D eigenvalue weighted by Crippen LogP contribution is -2.38. The monoisotopic (exact) mass is 429 g/mol. The van der Waals surface area contributed by atoms with E-state index in [1.165, 1.54) is 24.2 Å². The highest BCUT2D eigenvalue weighted by molar-refractivity contribution is 6.45. The Balaban J connectivity index is 1.47. The van der Waals surface area contributed by atoms with Gasteiger partial charge >= 0.3 is 0 Å². The van der Waals surface area contributed by atoms with Crippen LogP contribution < -0.4 is 9.80 Å². The molecule has 0 atom stereocenters. The smallest absolute Gasteiger partial charge is 0.282 e. The van der Waals surface area contributed by atoms with Crippen LogP contribution in [-0.2, 0) is 9.59 Å². The zero-order chi connectivity index (χ0) is 22.1. The number of rotatable bonds is 4. The molecule has 32 heavy (non-hydrogen) atoms. The molecule has 3 aliphatic rings. The van der Waals surface area contributed by atoms with Crippen molar-refractivity contribution in [3.63, 3.8) is 0 Å². The van der Waals surface area contributed by atoms with Crippen LogP contribution in [0.15, 0.2) is 60.3 Å². The average molecular weight is 430 g/mol. The number of carbonyl (C=O) groups excluding carboxylic acids is 2. The average Bonchev–Trinajstić information content (AvgIpc) is 3.11. The molecule has 2 aromatic carbocycles. The SMILES string of the molecule is CC1CCN(C2=C(c3ccccc3)C(=O)N(c3ccc(N4CCCCC4)cc3)C2=O)CC1. The van der Waals surface area contributed by atoms with Gasteiger partial charge in [-0.3, -0.25) is 9.59 Å². The van der Waals surface area contributed by atoms with E-state index in [2.05, 4.69) is 16.7 Å². The maximum absolute atomic E-state index is 13.7. The van der Waals surface area contributed by atoms with Gasteiger partial charge in [0.15, 0.2) is 0 Å². The highest BCUT2D eigenvalue weighted by atomic mass is 16.2. The van der Waals surface area contributed by atoms with Crippen LogP contribution in [0.2, 0.25) is 0 Å². The van der Waals surface area contributed by atoms with Crippen molar-refractivity contribution in [1.29, 1.82) is 0 Å². The number of nitrogens with zero attached hydrogens (tertiary/aromatic N) is 3. The van der Waals surface area contributed by atoms with Gasteiger partial charge in [-0.15, -0.1) is 0 Å². The van der Waals surface area contributed by atoms with E-state index in [-0.39, 0.29) is 11.8 Å². The Morgan fingerprint density at radius 3 is 1.97 bits per heavy atom. The third-order valence-corrected chi connectivity index (χ3v) is 7.05. The van der Waals surface area contributed by atoms with Gasteiger partial charge in [0, 0.05) is 31.9 Å². The lowest BCUT2D eigenvalue weighted by atomic mass is 9.97. The van der Waals surface area contributed by atoms with Crippen molar-refractivity contribution in [2.45, 2.75) is 39.0 Å². The molecule has 0 aliphatic carbocycles. The molecular formula is C27H31N3O2. The summed E-state index contributed by atoms with van der Waals surface area (Å²) in [6.07, 6.45) is 5.80.